The first-order valence-corrected chi connectivity index (χ1v) is 3.56. The molecule has 0 aromatic carbocycles. The maximum Gasteiger partial charge on any atom is 0.149 e. The van der Waals surface area contributed by atoms with Gasteiger partial charge in [0.05, 0.1) is 11.9 Å². The maximum absolute atomic E-state index is 12.9. The zero-order valence-electron chi connectivity index (χ0n) is 6.71. The molecule has 0 bridgehead atoms. The molecular formula is C8H11FN2. The molecule has 0 atom stereocenters. The number of hydrogen-bond acceptors (Lipinski definition) is 2. The lowest BCUT2D eigenvalue weighted by molar-refractivity contribution is 0.621. The Hall–Kier alpha value is -1.12. The molecule has 60 valence electrons. The van der Waals surface area contributed by atoms with Crippen molar-refractivity contribution in [3.63, 3.8) is 0 Å². The average molecular weight is 154 g/mol. The first-order chi connectivity index (χ1) is 5.25. The predicted octanol–water partition coefficient (Wildman–Crippen LogP) is 1.68. The molecule has 0 amide bonds. The fourth-order valence-electron chi connectivity index (χ4n) is 0.820. The van der Waals surface area contributed by atoms with Crippen LogP contribution in [0.1, 0.15) is 6.92 Å². The molecule has 0 saturated heterocycles. The molecule has 0 N–H and O–H groups in total. The van der Waals surface area contributed by atoms with Crippen LogP contribution < -0.4 is 4.90 Å². The minimum Gasteiger partial charge on any atom is -0.371 e. The Labute approximate surface area is 65.7 Å². The third-order valence-corrected chi connectivity index (χ3v) is 1.63. The molecule has 1 rings (SSSR count). The summed E-state index contributed by atoms with van der Waals surface area (Å²) < 4.78 is 12.9. The van der Waals surface area contributed by atoms with Gasteiger partial charge in [-0.1, -0.05) is 0 Å². The lowest BCUT2D eigenvalue weighted by atomic mass is 10.3. The van der Waals surface area contributed by atoms with Crippen molar-refractivity contribution in [1.29, 1.82) is 0 Å². The Morgan fingerprint density at radius 3 is 2.91 bits per heavy atom. The van der Waals surface area contributed by atoms with Gasteiger partial charge in [-0.05, 0) is 13.0 Å². The molecule has 2 nitrogen and oxygen atoms in total. The Bertz CT molecular complexity index is 237. The van der Waals surface area contributed by atoms with Crippen LogP contribution in [-0.4, -0.2) is 18.6 Å². The van der Waals surface area contributed by atoms with Crippen molar-refractivity contribution < 1.29 is 4.39 Å². The second-order valence-corrected chi connectivity index (χ2v) is 2.34. The van der Waals surface area contributed by atoms with Crippen LogP contribution in [0.25, 0.3) is 0 Å². The molecule has 0 aliphatic carbocycles. The van der Waals surface area contributed by atoms with Crippen LogP contribution in [0, 0.1) is 5.82 Å². The zero-order valence-corrected chi connectivity index (χ0v) is 6.71. The van der Waals surface area contributed by atoms with E-state index in [2.05, 4.69) is 4.98 Å². The molecule has 1 aromatic rings. The third kappa shape index (κ3) is 1.67. The van der Waals surface area contributed by atoms with Crippen LogP contribution in [0.4, 0.5) is 10.1 Å². The molecule has 0 aliphatic heterocycles. The van der Waals surface area contributed by atoms with E-state index in [0.717, 1.165) is 6.54 Å². The van der Waals surface area contributed by atoms with Gasteiger partial charge in [0.25, 0.3) is 0 Å². The Kier molecular flexibility index (Phi) is 2.41. The normalized spacial score (nSPS) is 9.73. The first kappa shape index (κ1) is 7.98. The van der Waals surface area contributed by atoms with E-state index in [-0.39, 0.29) is 5.82 Å². The smallest absolute Gasteiger partial charge is 0.149 e. The molecule has 0 unspecified atom stereocenters. The summed E-state index contributed by atoms with van der Waals surface area (Å²) in [4.78, 5) is 5.64. The third-order valence-electron chi connectivity index (χ3n) is 1.63. The summed E-state index contributed by atoms with van der Waals surface area (Å²) in [5.74, 6) is -0.218. The second kappa shape index (κ2) is 3.32. The van der Waals surface area contributed by atoms with Crippen LogP contribution in [0.5, 0.6) is 0 Å². The fourth-order valence-corrected chi connectivity index (χ4v) is 0.820. The largest absolute Gasteiger partial charge is 0.371 e. The van der Waals surface area contributed by atoms with Crippen LogP contribution in [-0.2, 0) is 0 Å². The number of hydrogen-bond donors (Lipinski definition) is 0. The lowest BCUT2D eigenvalue weighted by Crippen LogP contribution is -2.17. The molecule has 11 heavy (non-hydrogen) atoms. The average Bonchev–Trinajstić information content (AvgIpc) is 2.04. The van der Waals surface area contributed by atoms with Crippen LogP contribution in [0.3, 0.4) is 0 Å². The van der Waals surface area contributed by atoms with Gasteiger partial charge in [0.1, 0.15) is 5.82 Å². The van der Waals surface area contributed by atoms with E-state index in [9.17, 15) is 4.39 Å². The van der Waals surface area contributed by atoms with Gasteiger partial charge in [-0.25, -0.2) is 4.39 Å². The SMILES string of the molecule is CCN(C)c1cnccc1F. The van der Waals surface area contributed by atoms with Crippen LogP contribution in [0.2, 0.25) is 0 Å². The first-order valence-electron chi connectivity index (χ1n) is 3.56. The van der Waals surface area contributed by atoms with E-state index in [1.165, 1.54) is 18.5 Å². The summed E-state index contributed by atoms with van der Waals surface area (Å²) in [5, 5.41) is 0. The summed E-state index contributed by atoms with van der Waals surface area (Å²) in [6.45, 7) is 2.75. The van der Waals surface area contributed by atoms with E-state index in [1.54, 1.807) is 0 Å². The van der Waals surface area contributed by atoms with E-state index in [4.69, 9.17) is 0 Å². The summed E-state index contributed by atoms with van der Waals surface area (Å²) in [6, 6.07) is 1.36. The van der Waals surface area contributed by atoms with Gasteiger partial charge >= 0.3 is 0 Å². The molecular weight excluding hydrogens is 143 g/mol. The highest BCUT2D eigenvalue weighted by atomic mass is 19.1. The molecule has 0 saturated carbocycles. The van der Waals surface area contributed by atoms with E-state index in [1.807, 2.05) is 18.9 Å². The number of aromatic nitrogens is 1. The predicted molar refractivity (Wildman–Crippen MR) is 43.1 cm³/mol. The molecule has 0 spiro atoms. The molecule has 0 fully saturated rings. The van der Waals surface area contributed by atoms with Crippen molar-refractivity contribution in [2.45, 2.75) is 6.92 Å². The zero-order chi connectivity index (χ0) is 8.27. The lowest BCUT2D eigenvalue weighted by Gasteiger charge is -2.16. The van der Waals surface area contributed by atoms with Crippen molar-refractivity contribution in [2.75, 3.05) is 18.5 Å². The summed E-state index contributed by atoms with van der Waals surface area (Å²) in [7, 11) is 1.83. The Morgan fingerprint density at radius 2 is 2.36 bits per heavy atom. The van der Waals surface area contributed by atoms with Crippen molar-refractivity contribution >= 4 is 5.69 Å². The fraction of sp³-hybridized carbons (Fsp3) is 0.375. The summed E-state index contributed by atoms with van der Waals surface area (Å²) >= 11 is 0. The Balaban J connectivity index is 2.93. The number of rotatable bonds is 2. The monoisotopic (exact) mass is 154 g/mol. The highest BCUT2D eigenvalue weighted by Crippen LogP contribution is 2.14. The maximum atomic E-state index is 12.9. The number of anilines is 1. The van der Waals surface area contributed by atoms with Crippen molar-refractivity contribution in [3.8, 4) is 0 Å². The number of pyridine rings is 1. The minimum absolute atomic E-state index is 0.218. The van der Waals surface area contributed by atoms with Gasteiger partial charge in [0.2, 0.25) is 0 Å². The highest BCUT2D eigenvalue weighted by molar-refractivity contribution is 5.43. The molecule has 3 heteroatoms. The second-order valence-electron chi connectivity index (χ2n) is 2.34. The van der Waals surface area contributed by atoms with Gasteiger partial charge in [-0.15, -0.1) is 0 Å². The van der Waals surface area contributed by atoms with Gasteiger partial charge in [-0.3, -0.25) is 4.98 Å². The molecule has 1 heterocycles. The minimum atomic E-state index is -0.218. The topological polar surface area (TPSA) is 16.1 Å². The van der Waals surface area contributed by atoms with Gasteiger partial charge < -0.3 is 4.90 Å². The number of nitrogens with zero attached hydrogens (tertiary/aromatic N) is 2. The quantitative estimate of drug-likeness (QED) is 0.644. The van der Waals surface area contributed by atoms with E-state index < -0.39 is 0 Å². The molecule has 0 aliphatic rings. The summed E-state index contributed by atoms with van der Waals surface area (Å²) in [6.07, 6.45) is 2.97. The van der Waals surface area contributed by atoms with Crippen LogP contribution in [0.15, 0.2) is 18.5 Å². The van der Waals surface area contributed by atoms with E-state index in [0.29, 0.717) is 5.69 Å². The van der Waals surface area contributed by atoms with Crippen molar-refractivity contribution in [3.05, 3.63) is 24.3 Å². The standard InChI is InChI=1S/C8H11FN2/c1-3-11(2)8-6-10-5-4-7(8)9/h4-6H,3H2,1-2H3. The highest BCUT2D eigenvalue weighted by Gasteiger charge is 2.03. The summed E-state index contributed by atoms with van der Waals surface area (Å²) in [5.41, 5.74) is 0.551. The van der Waals surface area contributed by atoms with Gasteiger partial charge in [0.15, 0.2) is 0 Å². The molecule has 1 aromatic heterocycles. The van der Waals surface area contributed by atoms with Crippen LogP contribution >= 0.6 is 0 Å². The van der Waals surface area contributed by atoms with Gasteiger partial charge in [-0.2, -0.15) is 0 Å². The van der Waals surface area contributed by atoms with Crippen molar-refractivity contribution in [2.24, 2.45) is 0 Å². The number of halogens is 1. The molecule has 0 radical (unpaired) electrons. The van der Waals surface area contributed by atoms with E-state index >= 15 is 0 Å². The van der Waals surface area contributed by atoms with Crippen molar-refractivity contribution in [1.82, 2.24) is 4.98 Å². The Morgan fingerprint density at radius 1 is 1.64 bits per heavy atom. The van der Waals surface area contributed by atoms with Gasteiger partial charge in [0, 0.05) is 19.8 Å².